The van der Waals surface area contributed by atoms with Gasteiger partial charge in [0.25, 0.3) is 5.91 Å². The van der Waals surface area contributed by atoms with Crippen molar-refractivity contribution in [1.29, 1.82) is 0 Å². The number of nitrogens with zero attached hydrogens (tertiary/aromatic N) is 4. The number of ether oxygens (including phenoxy) is 1. The van der Waals surface area contributed by atoms with E-state index in [1.54, 1.807) is 11.3 Å². The van der Waals surface area contributed by atoms with Gasteiger partial charge >= 0.3 is 0 Å². The zero-order valence-electron chi connectivity index (χ0n) is 15.6. The van der Waals surface area contributed by atoms with E-state index in [4.69, 9.17) is 9.72 Å². The molecular weight excluding hydrogens is 394 g/mol. The van der Waals surface area contributed by atoms with E-state index in [1.807, 2.05) is 42.9 Å². The van der Waals surface area contributed by atoms with Crippen molar-refractivity contribution in [2.45, 2.75) is 6.92 Å². The molecule has 5 rings (SSSR count). The summed E-state index contributed by atoms with van der Waals surface area (Å²) in [6.07, 6.45) is 0. The van der Waals surface area contributed by atoms with Crippen molar-refractivity contribution in [3.63, 3.8) is 0 Å². The number of aryl methyl sites for hydroxylation is 2. The van der Waals surface area contributed by atoms with E-state index < -0.39 is 0 Å². The van der Waals surface area contributed by atoms with Gasteiger partial charge in [-0.25, -0.2) is 4.98 Å². The third-order valence-electron chi connectivity index (χ3n) is 4.84. The van der Waals surface area contributed by atoms with Crippen LogP contribution in [0.2, 0.25) is 0 Å². The Morgan fingerprint density at radius 1 is 1.21 bits per heavy atom. The SMILES string of the molecule is Cc1nn(C)c2sc(C(=O)Nc3ccc4nc(N5CCOCC5)sc4c3)cc12. The maximum Gasteiger partial charge on any atom is 0.265 e. The van der Waals surface area contributed by atoms with Crippen LogP contribution >= 0.6 is 22.7 Å². The molecule has 1 aliphatic heterocycles. The Bertz CT molecular complexity index is 1150. The normalized spacial score (nSPS) is 14.9. The highest BCUT2D eigenvalue weighted by atomic mass is 32.1. The van der Waals surface area contributed by atoms with Crippen LogP contribution in [0.4, 0.5) is 10.8 Å². The lowest BCUT2D eigenvalue weighted by molar-refractivity contribution is 0.103. The number of aromatic nitrogens is 3. The van der Waals surface area contributed by atoms with E-state index >= 15 is 0 Å². The molecule has 0 spiro atoms. The summed E-state index contributed by atoms with van der Waals surface area (Å²) < 4.78 is 8.30. The van der Waals surface area contributed by atoms with Gasteiger partial charge in [0.05, 0.1) is 34.0 Å². The molecule has 1 aromatic carbocycles. The van der Waals surface area contributed by atoms with Crippen LogP contribution in [0.1, 0.15) is 15.4 Å². The van der Waals surface area contributed by atoms with Gasteiger partial charge < -0.3 is 15.0 Å². The molecule has 0 aliphatic carbocycles. The molecule has 1 amide bonds. The van der Waals surface area contributed by atoms with Crippen LogP contribution < -0.4 is 10.2 Å². The molecule has 1 N–H and O–H groups in total. The van der Waals surface area contributed by atoms with Crippen molar-refractivity contribution in [2.24, 2.45) is 7.05 Å². The molecule has 0 saturated carbocycles. The first-order valence-electron chi connectivity index (χ1n) is 9.06. The molecule has 0 bridgehead atoms. The number of carbonyl (C=O) groups excluding carboxylic acids is 1. The maximum absolute atomic E-state index is 12.7. The number of hydrogen-bond acceptors (Lipinski definition) is 7. The number of thiophene rings is 1. The first kappa shape index (κ1) is 17.6. The number of nitrogens with one attached hydrogen (secondary N) is 1. The molecule has 144 valence electrons. The highest BCUT2D eigenvalue weighted by Gasteiger charge is 2.17. The Balaban J connectivity index is 1.39. The van der Waals surface area contributed by atoms with Crippen LogP contribution in [0.15, 0.2) is 24.3 Å². The lowest BCUT2D eigenvalue weighted by Gasteiger charge is -2.25. The lowest BCUT2D eigenvalue weighted by Crippen LogP contribution is -2.36. The average Bonchev–Trinajstić information content (AvgIpc) is 3.38. The van der Waals surface area contributed by atoms with Crippen LogP contribution in [0.25, 0.3) is 20.4 Å². The molecule has 1 fully saturated rings. The number of hydrogen-bond donors (Lipinski definition) is 1. The van der Waals surface area contributed by atoms with Gasteiger partial charge in [0, 0.05) is 31.2 Å². The van der Waals surface area contributed by atoms with E-state index in [0.29, 0.717) is 4.88 Å². The third kappa shape index (κ3) is 3.05. The minimum absolute atomic E-state index is 0.0992. The Labute approximate surface area is 169 Å². The molecule has 0 atom stereocenters. The monoisotopic (exact) mass is 413 g/mol. The summed E-state index contributed by atoms with van der Waals surface area (Å²) in [5, 5.41) is 9.45. The van der Waals surface area contributed by atoms with Crippen LogP contribution in [0.3, 0.4) is 0 Å². The van der Waals surface area contributed by atoms with Crippen molar-refractivity contribution in [2.75, 3.05) is 36.5 Å². The van der Waals surface area contributed by atoms with Crippen molar-refractivity contribution >= 4 is 59.8 Å². The zero-order chi connectivity index (χ0) is 19.3. The summed E-state index contributed by atoms with van der Waals surface area (Å²) in [6.45, 7) is 5.16. The highest BCUT2D eigenvalue weighted by molar-refractivity contribution is 7.22. The molecule has 7 nitrogen and oxygen atoms in total. The second-order valence-corrected chi connectivity index (χ2v) is 8.81. The number of amides is 1. The largest absolute Gasteiger partial charge is 0.378 e. The molecule has 28 heavy (non-hydrogen) atoms. The predicted octanol–water partition coefficient (Wildman–Crippen LogP) is 3.64. The van der Waals surface area contributed by atoms with E-state index in [2.05, 4.69) is 15.3 Å². The smallest absolute Gasteiger partial charge is 0.265 e. The Hall–Kier alpha value is -2.49. The fourth-order valence-corrected chi connectivity index (χ4v) is 5.46. The second kappa shape index (κ2) is 6.84. The molecule has 1 saturated heterocycles. The fourth-order valence-electron chi connectivity index (χ4n) is 3.39. The number of fused-ring (bicyclic) bond motifs is 2. The molecule has 4 heterocycles. The van der Waals surface area contributed by atoms with Crippen LogP contribution in [-0.4, -0.2) is 47.0 Å². The number of thiazole rings is 1. The number of rotatable bonds is 3. The Morgan fingerprint density at radius 2 is 2.04 bits per heavy atom. The summed E-state index contributed by atoms with van der Waals surface area (Å²) in [4.78, 5) is 21.4. The van der Waals surface area contributed by atoms with E-state index in [0.717, 1.165) is 63.2 Å². The number of carbonyl (C=O) groups is 1. The van der Waals surface area contributed by atoms with Crippen LogP contribution in [0, 0.1) is 6.92 Å². The van der Waals surface area contributed by atoms with Crippen molar-refractivity contribution in [1.82, 2.24) is 14.8 Å². The van der Waals surface area contributed by atoms with Gasteiger partial charge in [0.2, 0.25) is 0 Å². The van der Waals surface area contributed by atoms with E-state index in [-0.39, 0.29) is 5.91 Å². The summed E-state index contributed by atoms with van der Waals surface area (Å²) in [5.41, 5.74) is 2.67. The fraction of sp³-hybridized carbons (Fsp3) is 0.316. The van der Waals surface area contributed by atoms with Crippen molar-refractivity contribution < 1.29 is 9.53 Å². The lowest BCUT2D eigenvalue weighted by atomic mass is 10.2. The standard InChI is InChI=1S/C19H19N5O2S2/c1-11-13-10-16(27-18(13)23(2)22-11)17(25)20-12-3-4-14-15(9-12)28-19(21-14)24-5-7-26-8-6-24/h3-4,9-10H,5-8H2,1-2H3,(H,20,25). The average molecular weight is 414 g/mol. The second-order valence-electron chi connectivity index (χ2n) is 6.77. The first-order chi connectivity index (χ1) is 13.6. The summed E-state index contributed by atoms with van der Waals surface area (Å²) in [7, 11) is 1.90. The van der Waals surface area contributed by atoms with Crippen LogP contribution in [-0.2, 0) is 11.8 Å². The van der Waals surface area contributed by atoms with Gasteiger partial charge in [-0.1, -0.05) is 11.3 Å². The minimum atomic E-state index is -0.0992. The number of morpholine rings is 1. The van der Waals surface area contributed by atoms with Gasteiger partial charge in [-0.3, -0.25) is 9.48 Å². The molecule has 4 aromatic rings. The van der Waals surface area contributed by atoms with Gasteiger partial charge in [0.1, 0.15) is 4.83 Å². The van der Waals surface area contributed by atoms with Gasteiger partial charge in [-0.15, -0.1) is 11.3 Å². The predicted molar refractivity (Wildman–Crippen MR) is 114 cm³/mol. The molecule has 1 aliphatic rings. The van der Waals surface area contributed by atoms with Crippen molar-refractivity contribution in [3.8, 4) is 0 Å². The topological polar surface area (TPSA) is 72.3 Å². The third-order valence-corrected chi connectivity index (χ3v) is 7.12. The zero-order valence-corrected chi connectivity index (χ0v) is 17.2. The van der Waals surface area contributed by atoms with E-state index in [1.165, 1.54) is 11.3 Å². The summed E-state index contributed by atoms with van der Waals surface area (Å²) >= 11 is 3.11. The highest BCUT2D eigenvalue weighted by Crippen LogP contribution is 2.32. The first-order valence-corrected chi connectivity index (χ1v) is 10.7. The van der Waals surface area contributed by atoms with Crippen molar-refractivity contribution in [3.05, 3.63) is 34.8 Å². The molecule has 3 aromatic heterocycles. The Kier molecular flexibility index (Phi) is 4.30. The maximum atomic E-state index is 12.7. The molecule has 0 radical (unpaired) electrons. The summed E-state index contributed by atoms with van der Waals surface area (Å²) in [6, 6.07) is 7.78. The molecular formula is C19H19N5O2S2. The summed E-state index contributed by atoms with van der Waals surface area (Å²) in [5.74, 6) is -0.0992. The molecule has 0 unspecified atom stereocenters. The van der Waals surface area contributed by atoms with Crippen LogP contribution in [0.5, 0.6) is 0 Å². The minimum Gasteiger partial charge on any atom is -0.378 e. The van der Waals surface area contributed by atoms with E-state index in [9.17, 15) is 4.79 Å². The van der Waals surface area contributed by atoms with Gasteiger partial charge in [0.15, 0.2) is 5.13 Å². The number of benzene rings is 1. The van der Waals surface area contributed by atoms with Gasteiger partial charge in [-0.2, -0.15) is 5.10 Å². The van der Waals surface area contributed by atoms with Gasteiger partial charge in [-0.05, 0) is 31.2 Å². The molecule has 9 heteroatoms. The quantitative estimate of drug-likeness (QED) is 0.555. The number of anilines is 2. The Morgan fingerprint density at radius 3 is 2.82 bits per heavy atom.